The van der Waals surface area contributed by atoms with Crippen molar-refractivity contribution in [1.29, 1.82) is 5.26 Å². The van der Waals surface area contributed by atoms with Gasteiger partial charge >= 0.3 is 0 Å². The fourth-order valence-electron chi connectivity index (χ4n) is 3.22. The first-order valence-electron chi connectivity index (χ1n) is 8.70. The van der Waals surface area contributed by atoms with Crippen LogP contribution in [-0.4, -0.2) is 40.2 Å². The third kappa shape index (κ3) is 4.25. The number of nitrogens with zero attached hydrogens (tertiary/aromatic N) is 4. The largest absolute Gasteiger partial charge is 0.352 e. The maximum absolute atomic E-state index is 12.2. The highest BCUT2D eigenvalue weighted by atomic mass is 16.1. The van der Waals surface area contributed by atoms with Crippen LogP contribution in [0.5, 0.6) is 0 Å². The molecule has 6 heteroatoms. The SMILES string of the molecule is CCn1cc(C(=O)NC[C@H]2CCN(Cc3ccccc3C#N)C2)cn1. The molecule has 1 amide bonds. The third-order valence-electron chi connectivity index (χ3n) is 4.67. The molecule has 25 heavy (non-hydrogen) atoms. The van der Waals surface area contributed by atoms with Gasteiger partial charge in [0, 0.05) is 32.4 Å². The van der Waals surface area contributed by atoms with Gasteiger partial charge in [0.05, 0.1) is 23.4 Å². The minimum absolute atomic E-state index is 0.0621. The molecule has 1 saturated heterocycles. The summed E-state index contributed by atoms with van der Waals surface area (Å²) in [5, 5.41) is 16.3. The van der Waals surface area contributed by atoms with E-state index in [1.54, 1.807) is 17.1 Å². The van der Waals surface area contributed by atoms with Crippen molar-refractivity contribution in [3.8, 4) is 6.07 Å². The summed E-state index contributed by atoms with van der Waals surface area (Å²) in [5.74, 6) is 0.382. The lowest BCUT2D eigenvalue weighted by atomic mass is 10.1. The molecule has 0 bridgehead atoms. The monoisotopic (exact) mass is 337 g/mol. The van der Waals surface area contributed by atoms with Gasteiger partial charge in [-0.15, -0.1) is 0 Å². The second-order valence-corrected chi connectivity index (χ2v) is 6.45. The van der Waals surface area contributed by atoms with Crippen molar-refractivity contribution in [1.82, 2.24) is 20.0 Å². The molecule has 1 aliphatic heterocycles. The molecule has 0 unspecified atom stereocenters. The first kappa shape index (κ1) is 17.2. The Morgan fingerprint density at radius 3 is 3.04 bits per heavy atom. The van der Waals surface area contributed by atoms with Gasteiger partial charge in [-0.25, -0.2) is 0 Å². The normalized spacial score (nSPS) is 17.4. The van der Waals surface area contributed by atoms with Crippen molar-refractivity contribution >= 4 is 5.91 Å². The number of nitriles is 1. The van der Waals surface area contributed by atoms with E-state index in [0.29, 0.717) is 18.0 Å². The molecule has 0 aliphatic carbocycles. The molecule has 1 N–H and O–H groups in total. The van der Waals surface area contributed by atoms with E-state index in [0.717, 1.165) is 43.7 Å². The Morgan fingerprint density at radius 2 is 2.28 bits per heavy atom. The van der Waals surface area contributed by atoms with E-state index < -0.39 is 0 Å². The molecule has 0 radical (unpaired) electrons. The number of amides is 1. The number of carbonyl (C=O) groups is 1. The molecule has 1 aromatic carbocycles. The van der Waals surface area contributed by atoms with Crippen molar-refractivity contribution in [3.63, 3.8) is 0 Å². The third-order valence-corrected chi connectivity index (χ3v) is 4.67. The molecule has 0 spiro atoms. The molecular formula is C19H23N5O. The molecule has 2 heterocycles. The maximum Gasteiger partial charge on any atom is 0.254 e. The number of hydrogen-bond donors (Lipinski definition) is 1. The van der Waals surface area contributed by atoms with Gasteiger partial charge < -0.3 is 5.32 Å². The summed E-state index contributed by atoms with van der Waals surface area (Å²) in [6, 6.07) is 9.99. The lowest BCUT2D eigenvalue weighted by Gasteiger charge is -2.17. The van der Waals surface area contributed by atoms with Gasteiger partial charge in [0.15, 0.2) is 0 Å². The second-order valence-electron chi connectivity index (χ2n) is 6.45. The van der Waals surface area contributed by atoms with E-state index in [1.807, 2.05) is 31.2 Å². The smallest absolute Gasteiger partial charge is 0.254 e. The molecule has 1 fully saturated rings. The van der Waals surface area contributed by atoms with Crippen molar-refractivity contribution in [2.45, 2.75) is 26.4 Å². The van der Waals surface area contributed by atoms with Crippen LogP contribution >= 0.6 is 0 Å². The number of benzene rings is 1. The zero-order valence-electron chi connectivity index (χ0n) is 14.5. The molecular weight excluding hydrogens is 314 g/mol. The van der Waals surface area contributed by atoms with E-state index in [4.69, 9.17) is 0 Å². The first-order valence-corrected chi connectivity index (χ1v) is 8.70. The average molecular weight is 337 g/mol. The zero-order chi connectivity index (χ0) is 17.6. The predicted octanol–water partition coefficient (Wildman–Crippen LogP) is 2.03. The van der Waals surface area contributed by atoms with Crippen LogP contribution in [-0.2, 0) is 13.1 Å². The number of hydrogen-bond acceptors (Lipinski definition) is 4. The molecule has 1 aliphatic rings. The summed E-state index contributed by atoms with van der Waals surface area (Å²) in [5.41, 5.74) is 2.42. The van der Waals surface area contributed by atoms with E-state index in [2.05, 4.69) is 21.4 Å². The Bertz CT molecular complexity index is 776. The van der Waals surface area contributed by atoms with Crippen molar-refractivity contribution < 1.29 is 4.79 Å². The minimum Gasteiger partial charge on any atom is -0.352 e. The number of likely N-dealkylation sites (tertiary alicyclic amines) is 1. The lowest BCUT2D eigenvalue weighted by molar-refractivity contribution is 0.0947. The van der Waals surface area contributed by atoms with Crippen LogP contribution in [0.4, 0.5) is 0 Å². The van der Waals surface area contributed by atoms with E-state index >= 15 is 0 Å². The highest BCUT2D eigenvalue weighted by molar-refractivity contribution is 5.93. The maximum atomic E-state index is 12.2. The van der Waals surface area contributed by atoms with E-state index in [-0.39, 0.29) is 5.91 Å². The minimum atomic E-state index is -0.0621. The first-order chi connectivity index (χ1) is 12.2. The van der Waals surface area contributed by atoms with Crippen molar-refractivity contribution in [2.24, 2.45) is 5.92 Å². The highest BCUT2D eigenvalue weighted by Gasteiger charge is 2.23. The number of aromatic nitrogens is 2. The fourth-order valence-corrected chi connectivity index (χ4v) is 3.22. The van der Waals surface area contributed by atoms with Gasteiger partial charge in [0.2, 0.25) is 0 Å². The van der Waals surface area contributed by atoms with Crippen LogP contribution < -0.4 is 5.32 Å². The lowest BCUT2D eigenvalue weighted by Crippen LogP contribution is -2.30. The fraction of sp³-hybridized carbons (Fsp3) is 0.421. The van der Waals surface area contributed by atoms with Crippen LogP contribution in [0.25, 0.3) is 0 Å². The Balaban J connectivity index is 1.48. The Labute approximate surface area is 148 Å². The Hall–Kier alpha value is -2.65. The average Bonchev–Trinajstić information content (AvgIpc) is 3.29. The molecule has 1 aromatic heterocycles. The Kier molecular flexibility index (Phi) is 5.46. The van der Waals surface area contributed by atoms with E-state index in [1.165, 1.54) is 0 Å². The molecule has 3 rings (SSSR count). The summed E-state index contributed by atoms with van der Waals surface area (Å²) in [4.78, 5) is 14.5. The number of rotatable bonds is 6. The van der Waals surface area contributed by atoms with Crippen LogP contribution in [0.2, 0.25) is 0 Å². The Morgan fingerprint density at radius 1 is 1.44 bits per heavy atom. The quantitative estimate of drug-likeness (QED) is 0.875. The highest BCUT2D eigenvalue weighted by Crippen LogP contribution is 2.19. The van der Waals surface area contributed by atoms with Crippen LogP contribution in [0.15, 0.2) is 36.7 Å². The zero-order valence-corrected chi connectivity index (χ0v) is 14.5. The van der Waals surface area contributed by atoms with Gasteiger partial charge in [-0.1, -0.05) is 18.2 Å². The van der Waals surface area contributed by atoms with Gasteiger partial charge in [-0.3, -0.25) is 14.4 Å². The molecule has 130 valence electrons. The molecule has 0 saturated carbocycles. The van der Waals surface area contributed by atoms with Gasteiger partial charge in [0.25, 0.3) is 5.91 Å². The molecule has 6 nitrogen and oxygen atoms in total. The van der Waals surface area contributed by atoms with Gasteiger partial charge in [-0.2, -0.15) is 10.4 Å². The summed E-state index contributed by atoms with van der Waals surface area (Å²) in [7, 11) is 0. The predicted molar refractivity (Wildman–Crippen MR) is 94.8 cm³/mol. The van der Waals surface area contributed by atoms with Gasteiger partial charge in [-0.05, 0) is 37.4 Å². The summed E-state index contributed by atoms with van der Waals surface area (Å²) >= 11 is 0. The number of aryl methyl sites for hydroxylation is 1. The summed E-state index contributed by atoms with van der Waals surface area (Å²) in [6.07, 6.45) is 4.44. The van der Waals surface area contributed by atoms with Crippen LogP contribution in [0, 0.1) is 17.2 Å². The van der Waals surface area contributed by atoms with Crippen LogP contribution in [0.3, 0.4) is 0 Å². The molecule has 1 atom stereocenters. The number of nitrogens with one attached hydrogen (secondary N) is 1. The van der Waals surface area contributed by atoms with Crippen molar-refractivity contribution in [2.75, 3.05) is 19.6 Å². The van der Waals surface area contributed by atoms with Crippen LogP contribution in [0.1, 0.15) is 34.8 Å². The second kappa shape index (κ2) is 7.95. The topological polar surface area (TPSA) is 74.0 Å². The van der Waals surface area contributed by atoms with Gasteiger partial charge in [0.1, 0.15) is 0 Å². The molecule has 2 aromatic rings. The van der Waals surface area contributed by atoms with Crippen molar-refractivity contribution in [3.05, 3.63) is 53.3 Å². The standard InChI is InChI=1S/C19H23N5O/c1-2-24-14-18(11-22-24)19(25)21-10-15-7-8-23(12-15)13-17-6-4-3-5-16(17)9-20/h3-6,11,14-15H,2,7-8,10,12-13H2,1H3,(H,21,25)/t15-/m1/s1. The summed E-state index contributed by atoms with van der Waals surface area (Å²) in [6.45, 7) is 6.15. The number of carbonyl (C=O) groups excluding carboxylic acids is 1. The summed E-state index contributed by atoms with van der Waals surface area (Å²) < 4.78 is 1.75. The van der Waals surface area contributed by atoms with E-state index in [9.17, 15) is 10.1 Å².